The molecule has 0 saturated carbocycles. The number of nitrogens with zero attached hydrogens (tertiary/aromatic N) is 2. The molecule has 0 spiro atoms. The molecule has 1 aromatic rings. The smallest absolute Gasteiger partial charge is 0.310 e. The molecule has 1 aromatic carbocycles. The molecule has 0 aliphatic carbocycles. The first-order valence-corrected chi connectivity index (χ1v) is 6.43. The fraction of sp³-hybridized carbons (Fsp3) is 0.385. The van der Waals surface area contributed by atoms with Gasteiger partial charge in [-0.25, -0.2) is 0 Å². The lowest BCUT2D eigenvalue weighted by atomic mass is 10.1. The highest BCUT2D eigenvalue weighted by molar-refractivity contribution is 6.31. The second kappa shape index (κ2) is 7.03. The Labute approximate surface area is 126 Å². The van der Waals surface area contributed by atoms with Crippen molar-refractivity contribution < 1.29 is 19.2 Å². The van der Waals surface area contributed by atoms with Gasteiger partial charge in [0.05, 0.1) is 18.0 Å². The lowest BCUT2D eigenvalue weighted by molar-refractivity contribution is -0.385. The van der Waals surface area contributed by atoms with E-state index in [1.807, 2.05) is 0 Å². The van der Waals surface area contributed by atoms with Gasteiger partial charge in [0.25, 0.3) is 11.6 Å². The van der Waals surface area contributed by atoms with Gasteiger partial charge >= 0.3 is 5.97 Å². The first kappa shape index (κ1) is 16.9. The Morgan fingerprint density at radius 3 is 2.62 bits per heavy atom. The highest BCUT2D eigenvalue weighted by Crippen LogP contribution is 2.24. The topological polar surface area (TPSA) is 89.8 Å². The van der Waals surface area contributed by atoms with E-state index in [9.17, 15) is 19.7 Å². The average molecular weight is 315 g/mol. The Kier molecular flexibility index (Phi) is 5.66. The monoisotopic (exact) mass is 314 g/mol. The van der Waals surface area contributed by atoms with Crippen molar-refractivity contribution in [2.75, 3.05) is 20.7 Å². The zero-order chi connectivity index (χ0) is 16.2. The fourth-order valence-corrected chi connectivity index (χ4v) is 1.99. The number of hydrogen-bond donors (Lipinski definition) is 0. The molecule has 1 rings (SSSR count). The maximum atomic E-state index is 12.3. The van der Waals surface area contributed by atoms with Gasteiger partial charge in [0, 0.05) is 24.7 Å². The number of benzene rings is 1. The van der Waals surface area contributed by atoms with Crippen molar-refractivity contribution in [1.29, 1.82) is 0 Å². The molecule has 1 amide bonds. The van der Waals surface area contributed by atoms with Crippen molar-refractivity contribution in [3.63, 3.8) is 0 Å². The largest absolute Gasteiger partial charge is 0.469 e. The minimum Gasteiger partial charge on any atom is -0.469 e. The van der Waals surface area contributed by atoms with E-state index in [0.717, 1.165) is 0 Å². The molecular weight excluding hydrogens is 300 g/mol. The van der Waals surface area contributed by atoms with E-state index in [1.165, 1.54) is 37.3 Å². The van der Waals surface area contributed by atoms with Gasteiger partial charge < -0.3 is 9.64 Å². The van der Waals surface area contributed by atoms with Crippen molar-refractivity contribution in [3.05, 3.63) is 38.9 Å². The Morgan fingerprint density at radius 1 is 1.48 bits per heavy atom. The molecule has 0 aromatic heterocycles. The van der Waals surface area contributed by atoms with Gasteiger partial charge in [-0.1, -0.05) is 18.5 Å². The lowest BCUT2D eigenvalue weighted by Crippen LogP contribution is -2.34. The van der Waals surface area contributed by atoms with Crippen LogP contribution in [0.5, 0.6) is 0 Å². The first-order valence-electron chi connectivity index (χ1n) is 6.05. The van der Waals surface area contributed by atoms with Crippen LogP contribution in [0.15, 0.2) is 18.2 Å². The van der Waals surface area contributed by atoms with Crippen LogP contribution in [0.3, 0.4) is 0 Å². The summed E-state index contributed by atoms with van der Waals surface area (Å²) in [5, 5.41) is 11.2. The van der Waals surface area contributed by atoms with Crippen LogP contribution in [0.2, 0.25) is 5.02 Å². The van der Waals surface area contributed by atoms with Crippen LogP contribution in [-0.4, -0.2) is 42.4 Å². The minimum absolute atomic E-state index is 0.0785. The van der Waals surface area contributed by atoms with E-state index in [-0.39, 0.29) is 22.8 Å². The summed E-state index contributed by atoms with van der Waals surface area (Å²) in [6.07, 6.45) is 0. The summed E-state index contributed by atoms with van der Waals surface area (Å²) in [4.78, 5) is 35.2. The molecule has 0 bridgehead atoms. The number of rotatable bonds is 5. The van der Waals surface area contributed by atoms with Crippen molar-refractivity contribution >= 4 is 29.2 Å². The van der Waals surface area contributed by atoms with E-state index in [2.05, 4.69) is 4.74 Å². The summed E-state index contributed by atoms with van der Waals surface area (Å²) < 4.78 is 4.57. The molecule has 114 valence electrons. The molecule has 0 heterocycles. The normalized spacial score (nSPS) is 11.6. The quantitative estimate of drug-likeness (QED) is 0.472. The first-order chi connectivity index (χ1) is 9.77. The van der Waals surface area contributed by atoms with Crippen molar-refractivity contribution in [2.45, 2.75) is 6.92 Å². The number of nitro groups is 1. The summed E-state index contributed by atoms with van der Waals surface area (Å²) in [6, 6.07) is 3.75. The molecule has 8 heteroatoms. The van der Waals surface area contributed by atoms with Crippen molar-refractivity contribution in [3.8, 4) is 0 Å². The van der Waals surface area contributed by atoms with Gasteiger partial charge in [0.15, 0.2) is 0 Å². The SMILES string of the molecule is COC(=O)C(C)CN(C)C(=O)c1cc(Cl)ccc1[N+](=O)[O-]. The van der Waals surface area contributed by atoms with E-state index in [0.29, 0.717) is 0 Å². The van der Waals surface area contributed by atoms with E-state index in [4.69, 9.17) is 11.6 Å². The van der Waals surface area contributed by atoms with Gasteiger partial charge in [-0.15, -0.1) is 0 Å². The second-order valence-corrected chi connectivity index (χ2v) is 4.96. The Balaban J connectivity index is 3.00. The summed E-state index contributed by atoms with van der Waals surface area (Å²) in [7, 11) is 2.70. The highest BCUT2D eigenvalue weighted by atomic mass is 35.5. The number of carbonyl (C=O) groups excluding carboxylic acids is 2. The number of ether oxygens (including phenoxy) is 1. The van der Waals surface area contributed by atoms with Crippen LogP contribution in [0, 0.1) is 16.0 Å². The molecule has 0 aliphatic heterocycles. The number of hydrogen-bond acceptors (Lipinski definition) is 5. The number of methoxy groups -OCH3 is 1. The molecule has 0 N–H and O–H groups in total. The average Bonchev–Trinajstić information content (AvgIpc) is 2.44. The van der Waals surface area contributed by atoms with Crippen molar-refractivity contribution in [2.24, 2.45) is 5.92 Å². The third-order valence-corrected chi connectivity index (χ3v) is 3.12. The summed E-state index contributed by atoms with van der Waals surface area (Å²) >= 11 is 5.78. The standard InChI is InChI=1S/C13H15ClN2O5/c1-8(13(18)21-3)7-15(2)12(17)10-6-9(14)4-5-11(10)16(19)20/h4-6,8H,7H2,1-3H3. The van der Waals surface area contributed by atoms with Crippen LogP contribution in [0.25, 0.3) is 0 Å². The van der Waals surface area contributed by atoms with Crippen LogP contribution in [0.4, 0.5) is 5.69 Å². The summed E-state index contributed by atoms with van der Waals surface area (Å²) in [6.45, 7) is 1.68. The summed E-state index contributed by atoms with van der Waals surface area (Å²) in [5.74, 6) is -1.59. The van der Waals surface area contributed by atoms with Crippen LogP contribution in [0.1, 0.15) is 17.3 Å². The van der Waals surface area contributed by atoms with Crippen LogP contribution < -0.4 is 0 Å². The third kappa shape index (κ3) is 4.16. The number of carbonyl (C=O) groups is 2. The molecular formula is C13H15ClN2O5. The second-order valence-electron chi connectivity index (χ2n) is 4.53. The zero-order valence-electron chi connectivity index (χ0n) is 11.8. The molecule has 0 fully saturated rings. The van der Waals surface area contributed by atoms with Crippen molar-refractivity contribution in [1.82, 2.24) is 4.90 Å². The van der Waals surface area contributed by atoms with Crippen LogP contribution in [-0.2, 0) is 9.53 Å². The molecule has 1 atom stereocenters. The molecule has 0 radical (unpaired) electrons. The maximum absolute atomic E-state index is 12.3. The van der Waals surface area contributed by atoms with Gasteiger partial charge in [0.1, 0.15) is 5.56 Å². The predicted octanol–water partition coefficient (Wildman–Crippen LogP) is 2.13. The molecule has 0 aliphatic rings. The van der Waals surface area contributed by atoms with Crippen LogP contribution >= 0.6 is 11.6 Å². The molecule has 0 saturated heterocycles. The maximum Gasteiger partial charge on any atom is 0.310 e. The summed E-state index contributed by atoms with van der Waals surface area (Å²) in [5.41, 5.74) is -0.450. The number of esters is 1. The van der Waals surface area contributed by atoms with Gasteiger partial charge in [-0.3, -0.25) is 19.7 Å². The van der Waals surface area contributed by atoms with E-state index < -0.39 is 22.7 Å². The lowest BCUT2D eigenvalue weighted by Gasteiger charge is -2.20. The number of amides is 1. The number of halogens is 1. The Hall–Kier alpha value is -2.15. The van der Waals surface area contributed by atoms with E-state index in [1.54, 1.807) is 6.92 Å². The number of nitro benzene ring substituents is 1. The minimum atomic E-state index is -0.652. The fourth-order valence-electron chi connectivity index (χ4n) is 1.81. The van der Waals surface area contributed by atoms with Gasteiger partial charge in [-0.2, -0.15) is 0 Å². The zero-order valence-corrected chi connectivity index (χ0v) is 12.6. The molecule has 1 unspecified atom stereocenters. The van der Waals surface area contributed by atoms with Gasteiger partial charge in [0.2, 0.25) is 0 Å². The highest BCUT2D eigenvalue weighted by Gasteiger charge is 2.25. The van der Waals surface area contributed by atoms with Gasteiger partial charge in [-0.05, 0) is 12.1 Å². The molecule has 7 nitrogen and oxygen atoms in total. The Morgan fingerprint density at radius 2 is 2.10 bits per heavy atom. The molecule has 21 heavy (non-hydrogen) atoms. The third-order valence-electron chi connectivity index (χ3n) is 2.88. The van der Waals surface area contributed by atoms with E-state index >= 15 is 0 Å². The Bertz CT molecular complexity index is 576. The predicted molar refractivity (Wildman–Crippen MR) is 76.2 cm³/mol.